The number of aryl methyl sites for hydroxylation is 2. The first-order chi connectivity index (χ1) is 12.6. The zero-order valence-corrected chi connectivity index (χ0v) is 15.9. The molecule has 0 bridgehead atoms. The minimum absolute atomic E-state index is 0.0346. The lowest BCUT2D eigenvalue weighted by Crippen LogP contribution is -2.39. The second-order valence-corrected chi connectivity index (χ2v) is 7.87. The average molecular weight is 369 g/mol. The molecule has 3 heterocycles. The lowest BCUT2D eigenvalue weighted by molar-refractivity contribution is 0.0898. The van der Waals surface area contributed by atoms with Gasteiger partial charge in [-0.2, -0.15) is 0 Å². The van der Waals surface area contributed by atoms with Crippen LogP contribution in [0.1, 0.15) is 47.4 Å². The molecule has 0 aromatic carbocycles. The number of amides is 1. The predicted molar refractivity (Wildman–Crippen MR) is 103 cm³/mol. The first-order valence-corrected chi connectivity index (χ1v) is 9.94. The van der Waals surface area contributed by atoms with Crippen molar-refractivity contribution in [3.8, 4) is 5.06 Å². The zero-order chi connectivity index (χ0) is 18.1. The Balaban J connectivity index is 1.39. The number of hydrogen-bond donors (Lipinski definition) is 1. The summed E-state index contributed by atoms with van der Waals surface area (Å²) in [7, 11) is 0. The second kappa shape index (κ2) is 7.11. The standard InChI is InChI=1S/C20H23N3O2S/c1-13-12-14(2)23-10-9-17(19(23)21-13)20(24)22-15-5-7-16(8-6-15)25-18-4-3-11-26-18/h3-4,9-12,15-16H,5-8H2,1-2H3,(H,22,24). The minimum atomic E-state index is -0.0346. The molecule has 1 aliphatic rings. The highest BCUT2D eigenvalue weighted by molar-refractivity contribution is 7.11. The number of carbonyl (C=O) groups is 1. The molecule has 136 valence electrons. The molecular weight excluding hydrogens is 346 g/mol. The first-order valence-electron chi connectivity index (χ1n) is 9.06. The number of hydrogen-bond acceptors (Lipinski definition) is 4. The van der Waals surface area contributed by atoms with E-state index in [4.69, 9.17) is 4.74 Å². The van der Waals surface area contributed by atoms with Crippen LogP contribution in [-0.2, 0) is 0 Å². The van der Waals surface area contributed by atoms with Gasteiger partial charge in [0.05, 0.1) is 11.7 Å². The fourth-order valence-corrected chi connectivity index (χ4v) is 4.29. The highest BCUT2D eigenvalue weighted by atomic mass is 32.1. The molecule has 26 heavy (non-hydrogen) atoms. The van der Waals surface area contributed by atoms with E-state index in [0.29, 0.717) is 5.56 Å². The summed E-state index contributed by atoms with van der Waals surface area (Å²) in [5.41, 5.74) is 3.38. The van der Waals surface area contributed by atoms with Crippen LogP contribution in [0.4, 0.5) is 0 Å². The fraction of sp³-hybridized carbons (Fsp3) is 0.400. The van der Waals surface area contributed by atoms with Gasteiger partial charge < -0.3 is 14.5 Å². The molecule has 0 unspecified atom stereocenters. The van der Waals surface area contributed by atoms with E-state index >= 15 is 0 Å². The van der Waals surface area contributed by atoms with Gasteiger partial charge in [-0.1, -0.05) is 0 Å². The Morgan fingerprint density at radius 2 is 2.08 bits per heavy atom. The molecule has 0 aliphatic heterocycles. The summed E-state index contributed by atoms with van der Waals surface area (Å²) in [6.07, 6.45) is 5.99. The summed E-state index contributed by atoms with van der Waals surface area (Å²) in [5, 5.41) is 6.20. The van der Waals surface area contributed by atoms with E-state index in [0.717, 1.165) is 47.8 Å². The Labute approximate surface area is 157 Å². The Hall–Kier alpha value is -2.34. The molecule has 6 heteroatoms. The summed E-state index contributed by atoms with van der Waals surface area (Å²) in [6.45, 7) is 3.98. The van der Waals surface area contributed by atoms with Gasteiger partial charge in [-0.15, -0.1) is 11.3 Å². The maximum Gasteiger partial charge on any atom is 0.255 e. The van der Waals surface area contributed by atoms with Crippen molar-refractivity contribution in [3.63, 3.8) is 0 Å². The molecule has 0 saturated heterocycles. The van der Waals surface area contributed by atoms with Crippen molar-refractivity contribution in [2.75, 3.05) is 0 Å². The van der Waals surface area contributed by atoms with Gasteiger partial charge in [0.2, 0.25) is 0 Å². The molecule has 3 aromatic rings. The van der Waals surface area contributed by atoms with Crippen LogP contribution in [0.15, 0.2) is 35.8 Å². The van der Waals surface area contributed by atoms with Crippen LogP contribution in [-0.4, -0.2) is 27.4 Å². The summed E-state index contributed by atoms with van der Waals surface area (Å²) in [6, 6.07) is 8.09. The van der Waals surface area contributed by atoms with Crippen molar-refractivity contribution in [1.29, 1.82) is 0 Å². The normalized spacial score (nSPS) is 20.2. The molecule has 1 amide bonds. The van der Waals surface area contributed by atoms with E-state index in [1.807, 2.05) is 54.1 Å². The van der Waals surface area contributed by atoms with Crippen LogP contribution < -0.4 is 10.1 Å². The van der Waals surface area contributed by atoms with Gasteiger partial charge in [-0.25, -0.2) is 4.98 Å². The fourth-order valence-electron chi connectivity index (χ4n) is 3.65. The SMILES string of the molecule is Cc1cc(C)n2ccc(C(=O)NC3CCC(Oc4cccs4)CC3)c2n1. The maximum atomic E-state index is 12.8. The molecule has 0 atom stereocenters. The molecule has 1 saturated carbocycles. The maximum absolute atomic E-state index is 12.8. The van der Waals surface area contributed by atoms with Gasteiger partial charge in [0.1, 0.15) is 5.65 Å². The van der Waals surface area contributed by atoms with Crippen LogP contribution in [0, 0.1) is 13.8 Å². The number of aromatic nitrogens is 2. The molecule has 0 spiro atoms. The van der Waals surface area contributed by atoms with Crippen LogP contribution >= 0.6 is 11.3 Å². The van der Waals surface area contributed by atoms with Gasteiger partial charge in [0.15, 0.2) is 5.06 Å². The lowest BCUT2D eigenvalue weighted by atomic mass is 9.93. The minimum Gasteiger partial charge on any atom is -0.481 e. The number of rotatable bonds is 4. The topological polar surface area (TPSA) is 55.6 Å². The van der Waals surface area contributed by atoms with Gasteiger partial charge in [-0.05, 0) is 69.2 Å². The summed E-state index contributed by atoms with van der Waals surface area (Å²) < 4.78 is 7.96. The van der Waals surface area contributed by atoms with Crippen molar-refractivity contribution in [2.45, 2.75) is 51.7 Å². The quantitative estimate of drug-likeness (QED) is 0.752. The Morgan fingerprint density at radius 3 is 2.81 bits per heavy atom. The molecular formula is C20H23N3O2S. The molecule has 4 rings (SSSR count). The van der Waals surface area contributed by atoms with E-state index < -0.39 is 0 Å². The number of fused-ring (bicyclic) bond motifs is 1. The van der Waals surface area contributed by atoms with Crippen LogP contribution in [0.2, 0.25) is 0 Å². The summed E-state index contributed by atoms with van der Waals surface area (Å²) in [5.74, 6) is -0.0346. The number of nitrogens with zero attached hydrogens (tertiary/aromatic N) is 2. The number of ether oxygens (including phenoxy) is 1. The van der Waals surface area contributed by atoms with E-state index in [1.165, 1.54) is 0 Å². The van der Waals surface area contributed by atoms with Crippen LogP contribution in [0.5, 0.6) is 5.06 Å². The van der Waals surface area contributed by atoms with Crippen molar-refractivity contribution >= 4 is 22.9 Å². The Morgan fingerprint density at radius 1 is 1.27 bits per heavy atom. The average Bonchev–Trinajstić information content (AvgIpc) is 3.26. The van der Waals surface area contributed by atoms with Crippen molar-refractivity contribution in [3.05, 3.63) is 52.8 Å². The third-order valence-corrected chi connectivity index (χ3v) is 5.73. The van der Waals surface area contributed by atoms with E-state index in [9.17, 15) is 4.79 Å². The highest BCUT2D eigenvalue weighted by Gasteiger charge is 2.25. The first kappa shape index (κ1) is 17.1. The molecule has 1 fully saturated rings. The molecule has 0 radical (unpaired) electrons. The van der Waals surface area contributed by atoms with E-state index in [2.05, 4.69) is 10.3 Å². The van der Waals surface area contributed by atoms with Crippen LogP contribution in [0.3, 0.4) is 0 Å². The summed E-state index contributed by atoms with van der Waals surface area (Å²) in [4.78, 5) is 17.3. The number of nitrogens with one attached hydrogen (secondary N) is 1. The molecule has 3 aromatic heterocycles. The smallest absolute Gasteiger partial charge is 0.255 e. The predicted octanol–water partition coefficient (Wildman–Crippen LogP) is 4.13. The number of thiophene rings is 1. The molecule has 1 aliphatic carbocycles. The third kappa shape index (κ3) is 3.46. The molecule has 5 nitrogen and oxygen atoms in total. The van der Waals surface area contributed by atoms with Crippen LogP contribution in [0.25, 0.3) is 5.65 Å². The van der Waals surface area contributed by atoms with Gasteiger partial charge in [0, 0.05) is 23.6 Å². The van der Waals surface area contributed by atoms with Gasteiger partial charge in [-0.3, -0.25) is 4.79 Å². The number of carbonyl (C=O) groups excluding carboxylic acids is 1. The lowest BCUT2D eigenvalue weighted by Gasteiger charge is -2.29. The largest absolute Gasteiger partial charge is 0.481 e. The van der Waals surface area contributed by atoms with E-state index in [1.54, 1.807) is 11.3 Å². The summed E-state index contributed by atoms with van der Waals surface area (Å²) >= 11 is 1.63. The third-order valence-electron chi connectivity index (χ3n) is 4.97. The second-order valence-electron chi connectivity index (χ2n) is 6.96. The van der Waals surface area contributed by atoms with E-state index in [-0.39, 0.29) is 18.1 Å². The highest BCUT2D eigenvalue weighted by Crippen LogP contribution is 2.27. The molecule has 1 N–H and O–H groups in total. The van der Waals surface area contributed by atoms with Gasteiger partial charge in [0.25, 0.3) is 5.91 Å². The van der Waals surface area contributed by atoms with Gasteiger partial charge >= 0.3 is 0 Å². The van der Waals surface area contributed by atoms with Crippen molar-refractivity contribution in [1.82, 2.24) is 14.7 Å². The Bertz CT molecular complexity index is 909. The monoisotopic (exact) mass is 369 g/mol. The Kier molecular flexibility index (Phi) is 4.68. The van der Waals surface area contributed by atoms with Crippen molar-refractivity contribution < 1.29 is 9.53 Å². The van der Waals surface area contributed by atoms with Crippen molar-refractivity contribution in [2.24, 2.45) is 0 Å². The zero-order valence-electron chi connectivity index (χ0n) is 15.1.